The van der Waals surface area contributed by atoms with Crippen LogP contribution in [0, 0.1) is 5.41 Å². The van der Waals surface area contributed by atoms with Gasteiger partial charge in [-0.15, -0.1) is 12.4 Å². The van der Waals surface area contributed by atoms with E-state index in [1.54, 1.807) is 0 Å². The van der Waals surface area contributed by atoms with Crippen molar-refractivity contribution in [3.05, 3.63) is 0 Å². The summed E-state index contributed by atoms with van der Waals surface area (Å²) in [5, 5.41) is 2.98. The molecule has 0 aromatic heterocycles. The molecule has 1 saturated heterocycles. The number of nitrogens with two attached hydrogens (primary N) is 1. The third-order valence-electron chi connectivity index (χ3n) is 2.78. The van der Waals surface area contributed by atoms with Crippen LogP contribution in [0.15, 0.2) is 0 Å². The van der Waals surface area contributed by atoms with E-state index < -0.39 is 6.04 Å². The molecule has 0 unspecified atom stereocenters. The van der Waals surface area contributed by atoms with Gasteiger partial charge in [0.05, 0.1) is 6.04 Å². The molecule has 1 aliphatic heterocycles. The second-order valence-electron chi connectivity index (χ2n) is 5.24. The number of ether oxygens (including phenoxy) is 1. The zero-order valence-corrected chi connectivity index (χ0v) is 11.1. The van der Waals surface area contributed by atoms with Crippen LogP contribution in [0.25, 0.3) is 0 Å². The van der Waals surface area contributed by atoms with Gasteiger partial charge in [0.15, 0.2) is 0 Å². The molecule has 5 heteroatoms. The smallest absolute Gasteiger partial charge is 0.237 e. The highest BCUT2D eigenvalue weighted by molar-refractivity contribution is 5.85. The normalized spacial score (nSPS) is 19.8. The Morgan fingerprint density at radius 3 is 2.31 bits per heavy atom. The van der Waals surface area contributed by atoms with Crippen molar-refractivity contribution in [2.45, 2.75) is 45.7 Å². The third-order valence-corrected chi connectivity index (χ3v) is 2.78. The number of nitrogens with one attached hydrogen (secondary N) is 1. The zero-order chi connectivity index (χ0) is 11.5. The Balaban J connectivity index is 0.00000225. The molecule has 1 rings (SSSR count). The quantitative estimate of drug-likeness (QED) is 0.771. The van der Waals surface area contributed by atoms with Crippen molar-refractivity contribution in [2.75, 3.05) is 13.2 Å². The second-order valence-corrected chi connectivity index (χ2v) is 5.24. The molecule has 1 atom stereocenters. The van der Waals surface area contributed by atoms with Crippen LogP contribution in [0.1, 0.15) is 33.6 Å². The Kier molecular flexibility index (Phi) is 6.30. The fourth-order valence-electron chi connectivity index (χ4n) is 1.53. The van der Waals surface area contributed by atoms with Gasteiger partial charge >= 0.3 is 0 Å². The standard InChI is InChI=1S/C11H22N2O2.ClH/c1-11(2,3)9(12)10(14)13-8-4-6-15-7-5-8;/h8-9H,4-7,12H2,1-3H3,(H,13,14);1H/t9-;/m1./s1. The first kappa shape index (κ1) is 15.7. The van der Waals surface area contributed by atoms with E-state index in [4.69, 9.17) is 10.5 Å². The summed E-state index contributed by atoms with van der Waals surface area (Å²) in [6.07, 6.45) is 1.78. The van der Waals surface area contributed by atoms with Crippen molar-refractivity contribution in [2.24, 2.45) is 11.1 Å². The molecule has 0 radical (unpaired) electrons. The first-order valence-corrected chi connectivity index (χ1v) is 5.55. The van der Waals surface area contributed by atoms with E-state index in [2.05, 4.69) is 5.32 Å². The highest BCUT2D eigenvalue weighted by Gasteiger charge is 2.29. The molecule has 0 aromatic rings. The monoisotopic (exact) mass is 250 g/mol. The van der Waals surface area contributed by atoms with Crippen LogP contribution in [-0.2, 0) is 9.53 Å². The highest BCUT2D eigenvalue weighted by atomic mass is 35.5. The van der Waals surface area contributed by atoms with Gasteiger partial charge in [-0.1, -0.05) is 20.8 Å². The summed E-state index contributed by atoms with van der Waals surface area (Å²) in [6.45, 7) is 7.38. The number of carbonyl (C=O) groups excluding carboxylic acids is 1. The Labute approximate surface area is 104 Å². The van der Waals surface area contributed by atoms with Crippen molar-refractivity contribution < 1.29 is 9.53 Å². The molecule has 0 spiro atoms. The Morgan fingerprint density at radius 1 is 1.38 bits per heavy atom. The number of rotatable bonds is 2. The van der Waals surface area contributed by atoms with Crippen LogP contribution >= 0.6 is 12.4 Å². The Bertz CT molecular complexity index is 223. The number of hydrogen-bond acceptors (Lipinski definition) is 3. The fraction of sp³-hybridized carbons (Fsp3) is 0.909. The highest BCUT2D eigenvalue weighted by Crippen LogP contribution is 2.18. The molecular formula is C11H23ClN2O2. The van der Waals surface area contributed by atoms with Gasteiger partial charge < -0.3 is 15.8 Å². The lowest BCUT2D eigenvalue weighted by Gasteiger charge is -2.29. The van der Waals surface area contributed by atoms with Crippen LogP contribution in [0.5, 0.6) is 0 Å². The van der Waals surface area contributed by atoms with E-state index in [0.29, 0.717) is 0 Å². The molecule has 0 saturated carbocycles. The minimum Gasteiger partial charge on any atom is -0.381 e. The molecule has 1 fully saturated rings. The summed E-state index contributed by atoms with van der Waals surface area (Å²) in [5.74, 6) is -0.0469. The van der Waals surface area contributed by atoms with Crippen LogP contribution in [-0.4, -0.2) is 31.2 Å². The number of amides is 1. The maximum atomic E-state index is 11.8. The van der Waals surface area contributed by atoms with Crippen molar-refractivity contribution >= 4 is 18.3 Å². The molecule has 3 N–H and O–H groups in total. The van der Waals surface area contributed by atoms with E-state index in [1.165, 1.54) is 0 Å². The van der Waals surface area contributed by atoms with Crippen molar-refractivity contribution in [1.82, 2.24) is 5.32 Å². The van der Waals surface area contributed by atoms with Crippen LogP contribution in [0.3, 0.4) is 0 Å². The molecule has 0 aliphatic carbocycles. The predicted octanol–water partition coefficient (Wildman–Crippen LogP) is 1.08. The van der Waals surface area contributed by atoms with Gasteiger partial charge in [0.2, 0.25) is 5.91 Å². The number of carbonyl (C=O) groups is 1. The lowest BCUT2D eigenvalue weighted by atomic mass is 9.86. The van der Waals surface area contributed by atoms with Crippen molar-refractivity contribution in [3.63, 3.8) is 0 Å². The average molecular weight is 251 g/mol. The maximum absolute atomic E-state index is 11.8. The largest absolute Gasteiger partial charge is 0.381 e. The second kappa shape index (κ2) is 6.42. The number of hydrogen-bond donors (Lipinski definition) is 2. The third kappa shape index (κ3) is 4.68. The van der Waals surface area contributed by atoms with E-state index in [9.17, 15) is 4.79 Å². The maximum Gasteiger partial charge on any atom is 0.237 e. The summed E-state index contributed by atoms with van der Waals surface area (Å²) in [5.41, 5.74) is 5.68. The first-order valence-electron chi connectivity index (χ1n) is 5.55. The van der Waals surface area contributed by atoms with E-state index in [1.807, 2.05) is 20.8 Å². The molecule has 1 aliphatic rings. The van der Waals surface area contributed by atoms with E-state index >= 15 is 0 Å². The van der Waals surface area contributed by atoms with Crippen molar-refractivity contribution in [1.29, 1.82) is 0 Å². The topological polar surface area (TPSA) is 64.4 Å². The van der Waals surface area contributed by atoms with Gasteiger partial charge in [-0.2, -0.15) is 0 Å². The van der Waals surface area contributed by atoms with Crippen molar-refractivity contribution in [3.8, 4) is 0 Å². The molecule has 4 nitrogen and oxygen atoms in total. The molecule has 16 heavy (non-hydrogen) atoms. The summed E-state index contributed by atoms with van der Waals surface area (Å²) in [6, 6.07) is -0.208. The van der Waals surface area contributed by atoms with Gasteiger partial charge in [-0.3, -0.25) is 4.79 Å². The van der Waals surface area contributed by atoms with Crippen LogP contribution in [0.2, 0.25) is 0 Å². The van der Waals surface area contributed by atoms with E-state index in [-0.39, 0.29) is 29.8 Å². The molecular weight excluding hydrogens is 228 g/mol. The average Bonchev–Trinajstić information content (AvgIpc) is 2.16. The predicted molar refractivity (Wildman–Crippen MR) is 66.7 cm³/mol. The molecule has 0 aromatic carbocycles. The first-order chi connectivity index (χ1) is 6.91. The van der Waals surface area contributed by atoms with E-state index in [0.717, 1.165) is 26.1 Å². The summed E-state index contributed by atoms with van der Waals surface area (Å²) in [7, 11) is 0. The Hall–Kier alpha value is -0.320. The molecule has 1 amide bonds. The minimum absolute atomic E-state index is 0. The van der Waals surface area contributed by atoms with Gasteiger partial charge in [-0.25, -0.2) is 0 Å². The van der Waals surface area contributed by atoms with Gasteiger partial charge in [0.25, 0.3) is 0 Å². The fourth-order valence-corrected chi connectivity index (χ4v) is 1.53. The summed E-state index contributed by atoms with van der Waals surface area (Å²) in [4.78, 5) is 11.8. The SMILES string of the molecule is CC(C)(C)[C@H](N)C(=O)NC1CCOCC1.Cl. The molecule has 1 heterocycles. The van der Waals surface area contributed by atoms with Crippen LogP contribution in [0.4, 0.5) is 0 Å². The molecule has 0 bridgehead atoms. The lowest BCUT2D eigenvalue weighted by Crippen LogP contribution is -2.52. The summed E-state index contributed by atoms with van der Waals surface area (Å²) < 4.78 is 5.23. The van der Waals surface area contributed by atoms with Crippen LogP contribution < -0.4 is 11.1 Å². The zero-order valence-electron chi connectivity index (χ0n) is 10.3. The minimum atomic E-state index is -0.444. The van der Waals surface area contributed by atoms with Gasteiger partial charge in [-0.05, 0) is 18.3 Å². The Morgan fingerprint density at radius 2 is 1.88 bits per heavy atom. The lowest BCUT2D eigenvalue weighted by molar-refractivity contribution is -0.125. The van der Waals surface area contributed by atoms with Gasteiger partial charge in [0.1, 0.15) is 0 Å². The summed E-state index contributed by atoms with van der Waals surface area (Å²) >= 11 is 0. The molecule has 96 valence electrons. The van der Waals surface area contributed by atoms with Gasteiger partial charge in [0, 0.05) is 19.3 Å². The number of halogens is 1.